The van der Waals surface area contributed by atoms with E-state index in [0.717, 1.165) is 30.7 Å². The molecule has 4 heteroatoms. The van der Waals surface area contributed by atoms with Crippen LogP contribution in [0.5, 0.6) is 5.88 Å². The molecule has 1 unspecified atom stereocenters. The van der Waals surface area contributed by atoms with Crippen molar-refractivity contribution in [3.8, 4) is 5.88 Å². The lowest BCUT2D eigenvalue weighted by atomic mass is 10.2. The van der Waals surface area contributed by atoms with Crippen LogP contribution in [0.3, 0.4) is 0 Å². The molecule has 0 spiro atoms. The van der Waals surface area contributed by atoms with Crippen molar-refractivity contribution in [1.29, 1.82) is 0 Å². The number of anilines is 1. The Balaban J connectivity index is 2.89. The number of nitrogen functional groups attached to an aromatic ring is 1. The molecule has 1 heterocycles. The predicted molar refractivity (Wildman–Crippen MR) is 65.6 cm³/mol. The number of hydrogen-bond donors (Lipinski definition) is 1. The van der Waals surface area contributed by atoms with Crippen molar-refractivity contribution >= 4 is 5.82 Å². The van der Waals surface area contributed by atoms with Gasteiger partial charge in [-0.2, -0.15) is 4.98 Å². The molecule has 1 aromatic rings. The van der Waals surface area contributed by atoms with Crippen LogP contribution in [0.25, 0.3) is 0 Å². The molecule has 0 aliphatic carbocycles. The number of nitrogens with zero attached hydrogens (tertiary/aromatic N) is 2. The van der Waals surface area contributed by atoms with Crippen LogP contribution in [0.1, 0.15) is 45.0 Å². The Labute approximate surface area is 97.2 Å². The second kappa shape index (κ2) is 5.68. The minimum atomic E-state index is 0.169. The normalized spacial score (nSPS) is 12.5. The summed E-state index contributed by atoms with van der Waals surface area (Å²) in [5, 5.41) is 0. The molecule has 1 rings (SSSR count). The molecule has 0 aromatic carbocycles. The van der Waals surface area contributed by atoms with Crippen molar-refractivity contribution in [2.24, 2.45) is 0 Å². The molecule has 0 radical (unpaired) electrons. The lowest BCUT2D eigenvalue weighted by Gasteiger charge is -2.15. The van der Waals surface area contributed by atoms with Gasteiger partial charge in [0, 0.05) is 6.42 Å². The van der Waals surface area contributed by atoms with Crippen molar-refractivity contribution in [3.63, 3.8) is 0 Å². The topological polar surface area (TPSA) is 61.0 Å². The highest BCUT2D eigenvalue weighted by molar-refractivity contribution is 5.44. The summed E-state index contributed by atoms with van der Waals surface area (Å²) in [6.45, 7) is 8.08. The van der Waals surface area contributed by atoms with Gasteiger partial charge in [0.2, 0.25) is 5.88 Å². The van der Waals surface area contributed by atoms with Gasteiger partial charge in [0.1, 0.15) is 11.6 Å². The SMILES string of the molecule is CCCC(C)Oc1nc(CC)nc(N)c1C. The number of ether oxygens (including phenoxy) is 1. The van der Waals surface area contributed by atoms with Gasteiger partial charge in [0.25, 0.3) is 0 Å². The smallest absolute Gasteiger partial charge is 0.222 e. The van der Waals surface area contributed by atoms with Gasteiger partial charge in [0.05, 0.1) is 11.7 Å². The molecule has 90 valence electrons. The molecule has 0 saturated carbocycles. The number of aryl methyl sites for hydroxylation is 1. The average molecular weight is 223 g/mol. The lowest BCUT2D eigenvalue weighted by Crippen LogP contribution is -2.15. The first-order valence-corrected chi connectivity index (χ1v) is 5.88. The highest BCUT2D eigenvalue weighted by Gasteiger charge is 2.11. The quantitative estimate of drug-likeness (QED) is 0.833. The van der Waals surface area contributed by atoms with Gasteiger partial charge in [-0.3, -0.25) is 0 Å². The second-order valence-electron chi connectivity index (χ2n) is 4.03. The first kappa shape index (κ1) is 12.7. The Morgan fingerprint density at radius 2 is 2.00 bits per heavy atom. The summed E-state index contributed by atoms with van der Waals surface area (Å²) in [6.07, 6.45) is 3.05. The van der Waals surface area contributed by atoms with E-state index < -0.39 is 0 Å². The summed E-state index contributed by atoms with van der Waals surface area (Å²) in [5.74, 6) is 1.89. The Bertz CT molecular complexity index is 352. The largest absolute Gasteiger partial charge is 0.474 e. The molecule has 1 atom stereocenters. The van der Waals surface area contributed by atoms with Crippen molar-refractivity contribution in [2.45, 2.75) is 53.1 Å². The van der Waals surface area contributed by atoms with E-state index in [-0.39, 0.29) is 6.10 Å². The first-order chi connectivity index (χ1) is 7.58. The van der Waals surface area contributed by atoms with E-state index in [1.165, 1.54) is 0 Å². The van der Waals surface area contributed by atoms with Crippen LogP contribution in [0, 0.1) is 6.92 Å². The van der Waals surface area contributed by atoms with Gasteiger partial charge in [-0.1, -0.05) is 20.3 Å². The van der Waals surface area contributed by atoms with Crippen molar-refractivity contribution in [2.75, 3.05) is 5.73 Å². The van der Waals surface area contributed by atoms with Crippen molar-refractivity contribution in [1.82, 2.24) is 9.97 Å². The van der Waals surface area contributed by atoms with E-state index in [1.807, 2.05) is 20.8 Å². The van der Waals surface area contributed by atoms with E-state index in [2.05, 4.69) is 16.9 Å². The number of hydrogen-bond acceptors (Lipinski definition) is 4. The Hall–Kier alpha value is -1.32. The van der Waals surface area contributed by atoms with E-state index in [4.69, 9.17) is 10.5 Å². The summed E-state index contributed by atoms with van der Waals surface area (Å²) in [7, 11) is 0. The zero-order valence-corrected chi connectivity index (χ0v) is 10.6. The van der Waals surface area contributed by atoms with Crippen LogP contribution >= 0.6 is 0 Å². The van der Waals surface area contributed by atoms with Gasteiger partial charge in [-0.25, -0.2) is 4.98 Å². The molecule has 1 aromatic heterocycles. The van der Waals surface area contributed by atoms with Crippen LogP contribution in [0.15, 0.2) is 0 Å². The molecule has 0 amide bonds. The highest BCUT2D eigenvalue weighted by atomic mass is 16.5. The van der Waals surface area contributed by atoms with E-state index >= 15 is 0 Å². The fraction of sp³-hybridized carbons (Fsp3) is 0.667. The molecule has 0 aliphatic rings. The fourth-order valence-corrected chi connectivity index (χ4v) is 1.49. The summed E-state index contributed by atoms with van der Waals surface area (Å²) < 4.78 is 5.78. The summed E-state index contributed by atoms with van der Waals surface area (Å²) in [5.41, 5.74) is 6.65. The molecule has 2 N–H and O–H groups in total. The molecule has 16 heavy (non-hydrogen) atoms. The summed E-state index contributed by atoms with van der Waals surface area (Å²) in [6, 6.07) is 0. The summed E-state index contributed by atoms with van der Waals surface area (Å²) in [4.78, 5) is 8.55. The number of rotatable bonds is 5. The van der Waals surface area contributed by atoms with Gasteiger partial charge in [-0.05, 0) is 20.3 Å². The standard InChI is InChI=1S/C12H21N3O/c1-5-7-8(3)16-12-9(4)11(13)14-10(6-2)15-12/h8H,5-7H2,1-4H3,(H2,13,14,15). The van der Waals surface area contributed by atoms with Crippen molar-refractivity contribution in [3.05, 3.63) is 11.4 Å². The van der Waals surface area contributed by atoms with Gasteiger partial charge in [0.15, 0.2) is 0 Å². The Morgan fingerprint density at radius 1 is 1.31 bits per heavy atom. The minimum Gasteiger partial charge on any atom is -0.474 e. The monoisotopic (exact) mass is 223 g/mol. The predicted octanol–water partition coefficient (Wildman–Crippen LogP) is 2.50. The maximum atomic E-state index is 5.82. The fourth-order valence-electron chi connectivity index (χ4n) is 1.49. The van der Waals surface area contributed by atoms with Crippen LogP contribution in [0.2, 0.25) is 0 Å². The highest BCUT2D eigenvalue weighted by Crippen LogP contribution is 2.21. The van der Waals surface area contributed by atoms with E-state index in [9.17, 15) is 0 Å². The van der Waals surface area contributed by atoms with E-state index in [1.54, 1.807) is 0 Å². The Morgan fingerprint density at radius 3 is 2.56 bits per heavy atom. The van der Waals surface area contributed by atoms with E-state index in [0.29, 0.717) is 11.7 Å². The van der Waals surface area contributed by atoms with Crippen LogP contribution < -0.4 is 10.5 Å². The molecule has 0 fully saturated rings. The van der Waals surface area contributed by atoms with Gasteiger partial charge in [-0.15, -0.1) is 0 Å². The molecular formula is C12H21N3O. The van der Waals surface area contributed by atoms with Gasteiger partial charge >= 0.3 is 0 Å². The first-order valence-electron chi connectivity index (χ1n) is 5.88. The third kappa shape index (κ3) is 3.08. The average Bonchev–Trinajstić information content (AvgIpc) is 2.24. The maximum Gasteiger partial charge on any atom is 0.222 e. The van der Waals surface area contributed by atoms with Crippen LogP contribution in [-0.2, 0) is 6.42 Å². The number of aromatic nitrogens is 2. The second-order valence-corrected chi connectivity index (χ2v) is 4.03. The molecule has 0 aliphatic heterocycles. The third-order valence-corrected chi connectivity index (χ3v) is 2.51. The minimum absolute atomic E-state index is 0.169. The molecule has 0 saturated heterocycles. The third-order valence-electron chi connectivity index (χ3n) is 2.51. The lowest BCUT2D eigenvalue weighted by molar-refractivity contribution is 0.199. The molecule has 4 nitrogen and oxygen atoms in total. The number of nitrogens with two attached hydrogens (primary N) is 1. The van der Waals surface area contributed by atoms with Crippen LogP contribution in [-0.4, -0.2) is 16.1 Å². The summed E-state index contributed by atoms with van der Waals surface area (Å²) >= 11 is 0. The zero-order valence-electron chi connectivity index (χ0n) is 10.6. The maximum absolute atomic E-state index is 5.82. The Kier molecular flexibility index (Phi) is 4.52. The van der Waals surface area contributed by atoms with Crippen LogP contribution in [0.4, 0.5) is 5.82 Å². The van der Waals surface area contributed by atoms with Gasteiger partial charge < -0.3 is 10.5 Å². The zero-order chi connectivity index (χ0) is 12.1. The molecular weight excluding hydrogens is 202 g/mol. The molecule has 0 bridgehead atoms. The van der Waals surface area contributed by atoms with Crippen molar-refractivity contribution < 1.29 is 4.74 Å².